The second kappa shape index (κ2) is 9.42. The average Bonchev–Trinajstić information content (AvgIpc) is 3.05. The molecular formula is C21H24F2N4O2S. The van der Waals surface area contributed by atoms with Crippen molar-refractivity contribution < 1.29 is 13.6 Å². The number of nitrogens with zero attached hydrogens (tertiary/aromatic N) is 2. The number of hydrogen-bond acceptors (Lipinski definition) is 4. The lowest BCUT2D eigenvalue weighted by Gasteiger charge is -2.13. The van der Waals surface area contributed by atoms with Gasteiger partial charge in [0.1, 0.15) is 17.2 Å². The molecule has 0 aliphatic rings. The summed E-state index contributed by atoms with van der Waals surface area (Å²) in [6.45, 7) is 6.46. The second-order valence-corrected chi connectivity index (χ2v) is 8.49. The molecule has 0 saturated carbocycles. The van der Waals surface area contributed by atoms with Gasteiger partial charge in [0.15, 0.2) is 5.16 Å². The SMILES string of the molecule is Cc1cc2nc(SCC(=O)NCc3ccc(F)cc3F)n(CCC(C)C)c(=O)c2[nH]1. The van der Waals surface area contributed by atoms with E-state index in [1.807, 2.05) is 6.92 Å². The number of aromatic amines is 1. The normalized spacial score (nSPS) is 11.4. The molecular weight excluding hydrogens is 410 g/mol. The number of aryl methyl sites for hydroxylation is 1. The summed E-state index contributed by atoms with van der Waals surface area (Å²) < 4.78 is 28.3. The van der Waals surface area contributed by atoms with Crippen LogP contribution in [0, 0.1) is 24.5 Å². The predicted molar refractivity (Wildman–Crippen MR) is 113 cm³/mol. The minimum absolute atomic E-state index is 0.0197. The molecule has 0 aliphatic heterocycles. The summed E-state index contributed by atoms with van der Waals surface area (Å²) in [5, 5.41) is 3.08. The monoisotopic (exact) mass is 434 g/mol. The van der Waals surface area contributed by atoms with Crippen LogP contribution in [0.25, 0.3) is 11.0 Å². The zero-order valence-corrected chi connectivity index (χ0v) is 17.9. The molecule has 0 bridgehead atoms. The molecule has 160 valence electrons. The Labute approximate surface area is 177 Å². The van der Waals surface area contributed by atoms with E-state index in [4.69, 9.17) is 0 Å². The molecule has 2 heterocycles. The van der Waals surface area contributed by atoms with Gasteiger partial charge in [0.2, 0.25) is 5.91 Å². The Morgan fingerprint density at radius 3 is 2.77 bits per heavy atom. The number of rotatable bonds is 8. The summed E-state index contributed by atoms with van der Waals surface area (Å²) in [6.07, 6.45) is 0.802. The number of nitrogens with one attached hydrogen (secondary N) is 2. The Balaban J connectivity index is 1.72. The molecule has 1 aromatic carbocycles. The van der Waals surface area contributed by atoms with Crippen LogP contribution in [0.15, 0.2) is 34.2 Å². The van der Waals surface area contributed by atoms with Gasteiger partial charge < -0.3 is 10.3 Å². The van der Waals surface area contributed by atoms with Gasteiger partial charge in [-0.2, -0.15) is 0 Å². The van der Waals surface area contributed by atoms with Crippen LogP contribution < -0.4 is 10.9 Å². The Morgan fingerprint density at radius 1 is 1.30 bits per heavy atom. The third kappa shape index (κ3) is 5.27. The maximum atomic E-state index is 13.7. The number of H-pyrrole nitrogens is 1. The maximum absolute atomic E-state index is 13.7. The van der Waals surface area contributed by atoms with Crippen molar-refractivity contribution in [3.05, 3.63) is 57.5 Å². The molecule has 6 nitrogen and oxygen atoms in total. The first kappa shape index (κ1) is 22.0. The third-order valence-corrected chi connectivity index (χ3v) is 5.57. The molecule has 30 heavy (non-hydrogen) atoms. The average molecular weight is 435 g/mol. The molecule has 0 unspecified atom stereocenters. The number of hydrogen-bond donors (Lipinski definition) is 2. The number of halogens is 2. The Morgan fingerprint density at radius 2 is 2.07 bits per heavy atom. The molecule has 0 spiro atoms. The summed E-state index contributed by atoms with van der Waals surface area (Å²) in [5.74, 6) is -1.28. The van der Waals surface area contributed by atoms with Crippen LogP contribution in [0.4, 0.5) is 8.78 Å². The zero-order valence-electron chi connectivity index (χ0n) is 17.1. The number of carbonyl (C=O) groups is 1. The molecule has 2 N–H and O–H groups in total. The van der Waals surface area contributed by atoms with Crippen molar-refractivity contribution in [1.29, 1.82) is 0 Å². The Kier molecular flexibility index (Phi) is 6.91. The first-order chi connectivity index (χ1) is 14.2. The summed E-state index contributed by atoms with van der Waals surface area (Å²) >= 11 is 1.16. The number of benzene rings is 1. The quantitative estimate of drug-likeness (QED) is 0.418. The fourth-order valence-corrected chi connectivity index (χ4v) is 3.80. The smallest absolute Gasteiger partial charge is 0.278 e. The van der Waals surface area contributed by atoms with Crippen LogP contribution in [-0.4, -0.2) is 26.2 Å². The lowest BCUT2D eigenvalue weighted by molar-refractivity contribution is -0.118. The first-order valence-corrected chi connectivity index (χ1v) is 10.7. The predicted octanol–water partition coefficient (Wildman–Crippen LogP) is 3.77. The summed E-state index contributed by atoms with van der Waals surface area (Å²) in [5.41, 5.74) is 1.90. The van der Waals surface area contributed by atoms with Gasteiger partial charge in [0.25, 0.3) is 5.56 Å². The van der Waals surface area contributed by atoms with Crippen molar-refractivity contribution >= 4 is 28.7 Å². The van der Waals surface area contributed by atoms with Crippen molar-refractivity contribution in [2.45, 2.75) is 45.4 Å². The molecule has 3 rings (SSSR count). The van der Waals surface area contributed by atoms with Crippen molar-refractivity contribution in [3.8, 4) is 0 Å². The van der Waals surface area contributed by atoms with Crippen LogP contribution in [0.3, 0.4) is 0 Å². The van der Waals surface area contributed by atoms with E-state index < -0.39 is 11.6 Å². The minimum Gasteiger partial charge on any atom is -0.353 e. The van der Waals surface area contributed by atoms with Crippen molar-refractivity contribution in [2.75, 3.05) is 5.75 Å². The number of carbonyl (C=O) groups excluding carboxylic acids is 1. The number of aromatic nitrogens is 3. The fraction of sp³-hybridized carbons (Fsp3) is 0.381. The highest BCUT2D eigenvalue weighted by Crippen LogP contribution is 2.19. The van der Waals surface area contributed by atoms with Gasteiger partial charge >= 0.3 is 0 Å². The molecule has 9 heteroatoms. The highest BCUT2D eigenvalue weighted by Gasteiger charge is 2.15. The molecule has 0 saturated heterocycles. The highest BCUT2D eigenvalue weighted by atomic mass is 32.2. The van der Waals surface area contributed by atoms with E-state index in [-0.39, 0.29) is 29.3 Å². The van der Waals surface area contributed by atoms with Gasteiger partial charge in [-0.25, -0.2) is 13.8 Å². The van der Waals surface area contributed by atoms with Crippen LogP contribution in [0.5, 0.6) is 0 Å². The maximum Gasteiger partial charge on any atom is 0.278 e. The van der Waals surface area contributed by atoms with Crippen LogP contribution in [-0.2, 0) is 17.9 Å². The molecule has 0 atom stereocenters. The number of fused-ring (bicyclic) bond motifs is 1. The largest absolute Gasteiger partial charge is 0.353 e. The van der Waals surface area contributed by atoms with Crippen molar-refractivity contribution in [3.63, 3.8) is 0 Å². The molecule has 2 aromatic heterocycles. The molecule has 1 amide bonds. The minimum atomic E-state index is -0.708. The second-order valence-electron chi connectivity index (χ2n) is 7.55. The first-order valence-electron chi connectivity index (χ1n) is 9.68. The van der Waals surface area contributed by atoms with Crippen LogP contribution in [0.1, 0.15) is 31.5 Å². The van der Waals surface area contributed by atoms with Gasteiger partial charge in [-0.3, -0.25) is 14.2 Å². The van der Waals surface area contributed by atoms with E-state index in [1.165, 1.54) is 6.07 Å². The summed E-state index contributed by atoms with van der Waals surface area (Å²) in [6, 6.07) is 5.02. The van der Waals surface area contributed by atoms with Gasteiger partial charge in [0, 0.05) is 30.4 Å². The van der Waals surface area contributed by atoms with Gasteiger partial charge in [-0.15, -0.1) is 0 Å². The fourth-order valence-electron chi connectivity index (χ4n) is 2.95. The summed E-state index contributed by atoms with van der Waals surface area (Å²) in [7, 11) is 0. The van der Waals surface area contributed by atoms with E-state index >= 15 is 0 Å². The summed E-state index contributed by atoms with van der Waals surface area (Å²) in [4.78, 5) is 32.8. The topological polar surface area (TPSA) is 79.8 Å². The van der Waals surface area contributed by atoms with Gasteiger partial charge in [-0.1, -0.05) is 31.7 Å². The van der Waals surface area contributed by atoms with Gasteiger partial charge in [0.05, 0.1) is 11.3 Å². The zero-order chi connectivity index (χ0) is 21.8. The number of thioether (sulfide) groups is 1. The Hall–Kier alpha value is -2.68. The van der Waals surface area contributed by atoms with Crippen LogP contribution >= 0.6 is 11.8 Å². The van der Waals surface area contributed by atoms with Crippen LogP contribution in [0.2, 0.25) is 0 Å². The standard InChI is InChI=1S/C21H24F2N4O2S/c1-12(2)6-7-27-20(29)19-17(8-13(3)25-19)26-21(27)30-11-18(28)24-10-14-4-5-15(22)9-16(14)23/h4-5,8-9,12,25H,6-7,10-11H2,1-3H3,(H,24,28). The van der Waals surface area contributed by atoms with E-state index in [0.717, 1.165) is 36.0 Å². The van der Waals surface area contributed by atoms with E-state index in [0.29, 0.717) is 28.7 Å². The van der Waals surface area contributed by atoms with E-state index in [9.17, 15) is 18.4 Å². The molecule has 0 aliphatic carbocycles. The lowest BCUT2D eigenvalue weighted by atomic mass is 10.1. The number of amides is 1. The molecule has 0 radical (unpaired) electrons. The molecule has 3 aromatic rings. The Bertz CT molecular complexity index is 1120. The van der Waals surface area contributed by atoms with E-state index in [1.54, 1.807) is 10.6 Å². The van der Waals surface area contributed by atoms with Crippen molar-refractivity contribution in [1.82, 2.24) is 19.9 Å². The lowest BCUT2D eigenvalue weighted by Crippen LogP contribution is -2.27. The third-order valence-electron chi connectivity index (χ3n) is 4.59. The molecule has 0 fully saturated rings. The highest BCUT2D eigenvalue weighted by molar-refractivity contribution is 7.99. The van der Waals surface area contributed by atoms with Crippen molar-refractivity contribution in [2.24, 2.45) is 5.92 Å². The van der Waals surface area contributed by atoms with E-state index in [2.05, 4.69) is 29.1 Å². The van der Waals surface area contributed by atoms with Gasteiger partial charge in [-0.05, 0) is 31.4 Å².